The fourth-order valence-corrected chi connectivity index (χ4v) is 7.50. The van der Waals surface area contributed by atoms with Gasteiger partial charge < -0.3 is 14.7 Å². The largest absolute Gasteiger partial charge is 0.507 e. The number of anilines is 1. The van der Waals surface area contributed by atoms with Gasteiger partial charge in [-0.3, -0.25) is 4.99 Å². The third-order valence-electron chi connectivity index (χ3n) is 9.42. The highest BCUT2D eigenvalue weighted by Gasteiger charge is 2.54. The van der Waals surface area contributed by atoms with E-state index in [2.05, 4.69) is 49.9 Å². The van der Waals surface area contributed by atoms with Crippen molar-refractivity contribution < 1.29 is 9.84 Å². The van der Waals surface area contributed by atoms with Crippen LogP contribution in [0.2, 0.25) is 0 Å². The van der Waals surface area contributed by atoms with Gasteiger partial charge in [0.1, 0.15) is 11.5 Å². The minimum Gasteiger partial charge on any atom is -0.507 e. The van der Waals surface area contributed by atoms with Crippen molar-refractivity contribution in [2.24, 2.45) is 22.2 Å². The molecule has 0 bridgehead atoms. The molecule has 0 amide bonds. The average molecular weight is 461 g/mol. The van der Waals surface area contributed by atoms with E-state index in [0.29, 0.717) is 17.7 Å². The highest BCUT2D eigenvalue weighted by atomic mass is 16.5. The molecule has 0 heterocycles. The molecule has 3 aliphatic rings. The minimum atomic E-state index is 0.262. The number of phenols is 1. The Morgan fingerprint density at radius 2 is 1.91 bits per heavy atom. The Hall–Kier alpha value is -2.49. The van der Waals surface area contributed by atoms with E-state index in [0.717, 1.165) is 48.3 Å². The van der Waals surface area contributed by atoms with Crippen LogP contribution in [0.5, 0.6) is 11.5 Å². The quantitative estimate of drug-likeness (QED) is 0.495. The van der Waals surface area contributed by atoms with Gasteiger partial charge in [-0.2, -0.15) is 0 Å². The molecule has 5 atom stereocenters. The number of hydrogen-bond donors (Lipinski definition) is 1. The molecular weight excluding hydrogens is 420 g/mol. The van der Waals surface area contributed by atoms with E-state index in [9.17, 15) is 5.11 Å². The molecule has 1 N–H and O–H groups in total. The molecule has 182 valence electrons. The molecule has 3 unspecified atom stereocenters. The van der Waals surface area contributed by atoms with Gasteiger partial charge in [-0.05, 0) is 111 Å². The summed E-state index contributed by atoms with van der Waals surface area (Å²) < 4.78 is 5.48. The summed E-state index contributed by atoms with van der Waals surface area (Å²) in [4.78, 5) is 7.36. The van der Waals surface area contributed by atoms with Crippen molar-refractivity contribution in [3.8, 4) is 11.5 Å². The van der Waals surface area contributed by atoms with Crippen LogP contribution in [0.25, 0.3) is 0 Å². The summed E-state index contributed by atoms with van der Waals surface area (Å²) in [6.07, 6.45) is 9.32. The third kappa shape index (κ3) is 3.89. The normalized spacial score (nSPS) is 30.0. The standard InChI is InChI=1S/C30H40N2O2/c1-5-32(6-2)22-9-7-21(28(33)18-22)19-31-29-14-13-27-26-11-8-20-17-23(34-4)10-12-24(20)25(26)15-16-30(27,29)3/h7,9-10,12,17-19,25-27,29,33H,5-6,8,11,13-16H2,1-4H3/t25?,26?,27?,29-,30-/m0/s1. The van der Waals surface area contributed by atoms with E-state index in [1.807, 2.05) is 18.3 Å². The molecule has 0 spiro atoms. The zero-order valence-corrected chi connectivity index (χ0v) is 21.3. The predicted molar refractivity (Wildman–Crippen MR) is 141 cm³/mol. The van der Waals surface area contributed by atoms with Crippen LogP contribution in [-0.4, -0.2) is 37.6 Å². The van der Waals surface area contributed by atoms with Crippen LogP contribution in [0.3, 0.4) is 0 Å². The maximum atomic E-state index is 10.7. The number of methoxy groups -OCH3 is 1. The zero-order chi connectivity index (χ0) is 23.9. The van der Waals surface area contributed by atoms with Crippen molar-refractivity contribution in [2.45, 2.75) is 71.3 Å². The molecular formula is C30H40N2O2. The molecule has 2 aromatic rings. The second kappa shape index (κ2) is 9.28. The topological polar surface area (TPSA) is 45.1 Å². The van der Waals surface area contributed by atoms with Crippen LogP contribution in [-0.2, 0) is 6.42 Å². The number of hydrogen-bond acceptors (Lipinski definition) is 4. The summed E-state index contributed by atoms with van der Waals surface area (Å²) in [6.45, 7) is 8.65. The number of aryl methyl sites for hydroxylation is 1. The Balaban J connectivity index is 1.33. The van der Waals surface area contributed by atoms with Crippen LogP contribution in [0.4, 0.5) is 5.69 Å². The first-order valence-corrected chi connectivity index (χ1v) is 13.3. The number of aromatic hydroxyl groups is 1. The van der Waals surface area contributed by atoms with Crippen LogP contribution in [0, 0.1) is 17.3 Å². The monoisotopic (exact) mass is 460 g/mol. The summed E-state index contributed by atoms with van der Waals surface area (Å²) in [6, 6.07) is 13.1. The molecule has 0 aromatic heterocycles. The number of aliphatic imine (C=N–C) groups is 1. The van der Waals surface area contributed by atoms with Gasteiger partial charge in [0.25, 0.3) is 0 Å². The maximum absolute atomic E-state index is 10.7. The number of rotatable bonds is 6. The molecule has 2 aromatic carbocycles. The number of phenolic OH excluding ortho intramolecular Hbond substituents is 1. The van der Waals surface area contributed by atoms with E-state index >= 15 is 0 Å². The van der Waals surface area contributed by atoms with Crippen LogP contribution < -0.4 is 9.64 Å². The van der Waals surface area contributed by atoms with E-state index in [-0.39, 0.29) is 5.41 Å². The number of benzene rings is 2. The van der Waals surface area contributed by atoms with Crippen molar-refractivity contribution in [3.63, 3.8) is 0 Å². The Morgan fingerprint density at radius 3 is 2.65 bits per heavy atom. The molecule has 34 heavy (non-hydrogen) atoms. The summed E-state index contributed by atoms with van der Waals surface area (Å²) in [5.41, 5.74) is 5.24. The Bertz CT molecular complexity index is 1060. The van der Waals surface area contributed by atoms with Crippen molar-refractivity contribution in [2.75, 3.05) is 25.1 Å². The Kier molecular flexibility index (Phi) is 6.35. The highest BCUT2D eigenvalue weighted by Crippen LogP contribution is 2.61. The average Bonchev–Trinajstić information content (AvgIpc) is 3.20. The highest BCUT2D eigenvalue weighted by molar-refractivity contribution is 5.84. The molecule has 3 aliphatic carbocycles. The first-order valence-electron chi connectivity index (χ1n) is 13.3. The Labute approximate surface area is 205 Å². The second-order valence-corrected chi connectivity index (χ2v) is 10.8. The van der Waals surface area contributed by atoms with Crippen molar-refractivity contribution in [1.29, 1.82) is 0 Å². The van der Waals surface area contributed by atoms with Crippen molar-refractivity contribution in [3.05, 3.63) is 53.1 Å². The predicted octanol–water partition coefficient (Wildman–Crippen LogP) is 6.59. The zero-order valence-electron chi connectivity index (χ0n) is 21.3. The fraction of sp³-hybridized carbons (Fsp3) is 0.567. The number of fused-ring (bicyclic) bond motifs is 5. The summed E-state index contributed by atoms with van der Waals surface area (Å²) in [5.74, 6) is 3.51. The van der Waals surface area contributed by atoms with Gasteiger partial charge in [-0.1, -0.05) is 13.0 Å². The SMILES string of the molecule is CCN(CC)c1ccc(C=N[C@H]2CCC3C4CCc5cc(OC)ccc5C4CC[C@@]32C)c(O)c1. The lowest BCUT2D eigenvalue weighted by molar-refractivity contribution is 0.0502. The summed E-state index contributed by atoms with van der Waals surface area (Å²) in [7, 11) is 1.76. The van der Waals surface area contributed by atoms with Crippen LogP contribution in [0.15, 0.2) is 41.4 Å². The van der Waals surface area contributed by atoms with Gasteiger partial charge in [0.05, 0.1) is 13.2 Å². The van der Waals surface area contributed by atoms with Crippen LogP contribution >= 0.6 is 0 Å². The third-order valence-corrected chi connectivity index (χ3v) is 9.42. The van der Waals surface area contributed by atoms with Gasteiger partial charge in [0.2, 0.25) is 0 Å². The summed E-state index contributed by atoms with van der Waals surface area (Å²) >= 11 is 0. The molecule has 0 saturated heterocycles. The minimum absolute atomic E-state index is 0.262. The first kappa shape index (κ1) is 23.3. The Morgan fingerprint density at radius 1 is 1.09 bits per heavy atom. The van der Waals surface area contributed by atoms with E-state index < -0.39 is 0 Å². The lowest BCUT2D eigenvalue weighted by atomic mass is 9.55. The second-order valence-electron chi connectivity index (χ2n) is 10.8. The first-order chi connectivity index (χ1) is 16.5. The molecule has 4 nitrogen and oxygen atoms in total. The van der Waals surface area contributed by atoms with Crippen LogP contribution in [0.1, 0.15) is 75.5 Å². The van der Waals surface area contributed by atoms with Gasteiger partial charge in [0.15, 0.2) is 0 Å². The molecule has 2 saturated carbocycles. The van der Waals surface area contributed by atoms with Gasteiger partial charge in [0, 0.05) is 36.6 Å². The van der Waals surface area contributed by atoms with Gasteiger partial charge in [-0.25, -0.2) is 0 Å². The molecule has 5 rings (SSSR count). The van der Waals surface area contributed by atoms with Crippen molar-refractivity contribution in [1.82, 2.24) is 0 Å². The molecule has 2 fully saturated rings. The van der Waals surface area contributed by atoms with E-state index in [4.69, 9.17) is 9.73 Å². The van der Waals surface area contributed by atoms with Gasteiger partial charge >= 0.3 is 0 Å². The summed E-state index contributed by atoms with van der Waals surface area (Å²) in [5, 5.41) is 10.7. The lowest BCUT2D eigenvalue weighted by Crippen LogP contribution is -2.43. The number of ether oxygens (including phenoxy) is 1. The van der Waals surface area contributed by atoms with Gasteiger partial charge in [-0.15, -0.1) is 0 Å². The molecule has 0 radical (unpaired) electrons. The van der Waals surface area contributed by atoms with Crippen molar-refractivity contribution >= 4 is 11.9 Å². The van der Waals surface area contributed by atoms with E-state index in [1.165, 1.54) is 37.7 Å². The van der Waals surface area contributed by atoms with E-state index in [1.54, 1.807) is 12.7 Å². The number of nitrogens with zero attached hydrogens (tertiary/aromatic N) is 2. The smallest absolute Gasteiger partial charge is 0.126 e. The molecule has 0 aliphatic heterocycles. The lowest BCUT2D eigenvalue weighted by Gasteiger charge is -2.50. The fourth-order valence-electron chi connectivity index (χ4n) is 7.50. The molecule has 4 heteroatoms. The maximum Gasteiger partial charge on any atom is 0.126 e.